The third-order valence-electron chi connectivity index (χ3n) is 3.47. The van der Waals surface area contributed by atoms with E-state index in [0.717, 1.165) is 12.8 Å². The van der Waals surface area contributed by atoms with Crippen molar-refractivity contribution < 1.29 is 0 Å². The Balaban J connectivity index is -0.000000135. The third-order valence-corrected chi connectivity index (χ3v) is 3.47. The molecule has 2 unspecified atom stereocenters. The van der Waals surface area contributed by atoms with Crippen molar-refractivity contribution in [3.8, 4) is 0 Å². The Kier molecular flexibility index (Phi) is 38.3. The molecule has 0 heterocycles. The molecule has 0 fully saturated rings. The summed E-state index contributed by atoms with van der Waals surface area (Å²) >= 11 is 0. The van der Waals surface area contributed by atoms with Crippen LogP contribution in [0.2, 0.25) is 0 Å². The zero-order chi connectivity index (χ0) is 13.2. The van der Waals surface area contributed by atoms with E-state index in [-0.39, 0.29) is 44.6 Å². The van der Waals surface area contributed by atoms with E-state index in [0.29, 0.717) is 11.8 Å². The van der Waals surface area contributed by atoms with Gasteiger partial charge in [0.2, 0.25) is 0 Å². The summed E-state index contributed by atoms with van der Waals surface area (Å²) in [5.74, 6) is 1.27. The second kappa shape index (κ2) is 24.0. The quantitative estimate of drug-likeness (QED) is 0.414. The molecule has 24 heavy (non-hydrogen) atoms. The van der Waals surface area contributed by atoms with Crippen LogP contribution in [0.25, 0.3) is 0 Å². The zero-order valence-corrected chi connectivity index (χ0v) is 11.8. The number of hydrogen-bond acceptors (Lipinski definition) is 0. The lowest BCUT2D eigenvalue weighted by atomic mass is 9.88. The minimum Gasteiger partial charge on any atom is -0.103 e. The van der Waals surface area contributed by atoms with Crippen molar-refractivity contribution in [2.24, 2.45) is 5.92 Å². The van der Waals surface area contributed by atoms with E-state index in [1.807, 2.05) is 0 Å². The predicted octanol–water partition coefficient (Wildman–Crippen LogP) is 9.55. The molecule has 2 atom stereocenters. The van der Waals surface area contributed by atoms with E-state index in [1.54, 1.807) is 0 Å². The summed E-state index contributed by atoms with van der Waals surface area (Å²) in [6, 6.07) is 10.9. The molecule has 1 aromatic carbocycles. The van der Waals surface area contributed by atoms with Crippen molar-refractivity contribution in [3.05, 3.63) is 60.7 Å². The minimum absolute atomic E-state index is 0. The molecule has 146 valence electrons. The SMILES string of the molecule is C.C.C.C.C.C.C=CC(C)CCC(CC=CCC)c1ccccc1. The molecule has 0 N–H and O–H groups in total. The van der Waals surface area contributed by atoms with Gasteiger partial charge in [-0.05, 0) is 43.1 Å². The van der Waals surface area contributed by atoms with Gasteiger partial charge >= 0.3 is 0 Å². The summed E-state index contributed by atoms with van der Waals surface area (Å²) in [6.45, 7) is 8.31. The van der Waals surface area contributed by atoms with Gasteiger partial charge in [0.05, 0.1) is 0 Å². The van der Waals surface area contributed by atoms with Crippen molar-refractivity contribution in [1.82, 2.24) is 0 Å². The Labute approximate surface area is 157 Å². The van der Waals surface area contributed by atoms with Crippen LogP contribution in [0.1, 0.15) is 95.6 Å². The first-order valence-electron chi connectivity index (χ1n) is 7.10. The number of benzene rings is 1. The van der Waals surface area contributed by atoms with Crippen LogP contribution < -0.4 is 0 Å². The van der Waals surface area contributed by atoms with Crippen LogP contribution in [-0.4, -0.2) is 0 Å². The Bertz CT molecular complexity index is 348. The van der Waals surface area contributed by atoms with Gasteiger partial charge in [0.25, 0.3) is 0 Å². The van der Waals surface area contributed by atoms with Gasteiger partial charge in [0.15, 0.2) is 0 Å². The second-order valence-electron chi connectivity index (χ2n) is 5.01. The Morgan fingerprint density at radius 3 is 1.88 bits per heavy atom. The van der Waals surface area contributed by atoms with Gasteiger partial charge in [-0.2, -0.15) is 0 Å². The van der Waals surface area contributed by atoms with Crippen LogP contribution >= 0.6 is 0 Å². The lowest BCUT2D eigenvalue weighted by Gasteiger charge is -2.17. The molecule has 0 saturated carbocycles. The Morgan fingerprint density at radius 2 is 1.42 bits per heavy atom. The van der Waals surface area contributed by atoms with Gasteiger partial charge in [0, 0.05) is 0 Å². The lowest BCUT2D eigenvalue weighted by Crippen LogP contribution is -2.00. The fourth-order valence-corrected chi connectivity index (χ4v) is 2.15. The van der Waals surface area contributed by atoms with Gasteiger partial charge in [0.1, 0.15) is 0 Å². The maximum atomic E-state index is 3.87. The summed E-state index contributed by atoms with van der Waals surface area (Å²) in [7, 11) is 0. The monoisotopic (exact) mass is 338 g/mol. The first-order chi connectivity index (χ1) is 8.77. The van der Waals surface area contributed by atoms with E-state index < -0.39 is 0 Å². The molecule has 0 aliphatic carbocycles. The molecule has 0 radical (unpaired) electrons. The first-order valence-corrected chi connectivity index (χ1v) is 7.10. The van der Waals surface area contributed by atoms with E-state index in [1.165, 1.54) is 18.4 Å². The van der Waals surface area contributed by atoms with Crippen molar-refractivity contribution in [1.29, 1.82) is 0 Å². The molecule has 0 nitrogen and oxygen atoms in total. The fourth-order valence-electron chi connectivity index (χ4n) is 2.15. The first kappa shape index (κ1) is 38.3. The highest BCUT2D eigenvalue weighted by atomic mass is 14.2. The summed E-state index contributed by atoms with van der Waals surface area (Å²) in [5.41, 5.74) is 1.47. The Hall–Kier alpha value is -1.30. The smallest absolute Gasteiger partial charge is 0.0127 e. The van der Waals surface area contributed by atoms with E-state index in [2.05, 4.69) is 69.0 Å². The molecule has 0 spiro atoms. The van der Waals surface area contributed by atoms with Crippen LogP contribution in [0.4, 0.5) is 0 Å². The minimum atomic E-state index is 0. The van der Waals surface area contributed by atoms with Crippen LogP contribution in [0, 0.1) is 5.92 Å². The molecule has 0 bridgehead atoms. The zero-order valence-electron chi connectivity index (χ0n) is 11.8. The van der Waals surface area contributed by atoms with Crippen molar-refractivity contribution in [2.45, 2.75) is 90.0 Å². The van der Waals surface area contributed by atoms with E-state index in [9.17, 15) is 0 Å². The maximum absolute atomic E-state index is 3.87. The van der Waals surface area contributed by atoms with Crippen LogP contribution in [0.5, 0.6) is 0 Å². The van der Waals surface area contributed by atoms with Gasteiger partial charge in [-0.15, -0.1) is 6.58 Å². The topological polar surface area (TPSA) is 0 Å². The van der Waals surface area contributed by atoms with Crippen molar-refractivity contribution >= 4 is 0 Å². The standard InChI is InChI=1S/C18H26.6CH4/c1-4-6-8-11-18(15-14-16(3)5-2)17-12-9-7-10-13-17;;;;;;/h5-10,12-13,16,18H,2,4,11,14-15H2,1,3H3;6*1H4. The summed E-state index contributed by atoms with van der Waals surface area (Å²) in [6.07, 6.45) is 11.4. The summed E-state index contributed by atoms with van der Waals surface area (Å²) in [4.78, 5) is 0. The van der Waals surface area contributed by atoms with E-state index in [4.69, 9.17) is 0 Å². The van der Waals surface area contributed by atoms with Gasteiger partial charge in [-0.3, -0.25) is 0 Å². The predicted molar refractivity (Wildman–Crippen MR) is 122 cm³/mol. The average Bonchev–Trinajstić information content (AvgIpc) is 2.43. The van der Waals surface area contributed by atoms with Gasteiger partial charge in [-0.25, -0.2) is 0 Å². The molecule has 0 saturated heterocycles. The molecule has 0 aliphatic heterocycles. The van der Waals surface area contributed by atoms with Crippen LogP contribution in [0.15, 0.2) is 55.1 Å². The highest BCUT2D eigenvalue weighted by molar-refractivity contribution is 5.20. The molecule has 0 aliphatic rings. The second-order valence-corrected chi connectivity index (χ2v) is 5.01. The molecule has 0 heteroatoms. The van der Waals surface area contributed by atoms with Gasteiger partial charge < -0.3 is 0 Å². The lowest BCUT2D eigenvalue weighted by molar-refractivity contribution is 0.533. The fraction of sp³-hybridized carbons (Fsp3) is 0.583. The molecule has 0 aromatic heterocycles. The number of hydrogen-bond donors (Lipinski definition) is 0. The molecular formula is C24H50. The summed E-state index contributed by atoms with van der Waals surface area (Å²) < 4.78 is 0. The molecule has 1 aromatic rings. The normalized spacial score (nSPS) is 10.9. The average molecular weight is 339 g/mol. The van der Waals surface area contributed by atoms with E-state index >= 15 is 0 Å². The maximum Gasteiger partial charge on any atom is -0.0127 e. The summed E-state index contributed by atoms with van der Waals surface area (Å²) in [5, 5.41) is 0. The largest absolute Gasteiger partial charge is 0.103 e. The highest BCUT2D eigenvalue weighted by Crippen LogP contribution is 2.27. The molecule has 0 amide bonds. The van der Waals surface area contributed by atoms with Crippen molar-refractivity contribution in [2.75, 3.05) is 0 Å². The highest BCUT2D eigenvalue weighted by Gasteiger charge is 2.10. The van der Waals surface area contributed by atoms with Crippen molar-refractivity contribution in [3.63, 3.8) is 0 Å². The molecular weight excluding hydrogens is 288 g/mol. The molecule has 1 rings (SSSR count). The van der Waals surface area contributed by atoms with Crippen LogP contribution in [-0.2, 0) is 0 Å². The van der Waals surface area contributed by atoms with Gasteiger partial charge in [-0.1, -0.05) is 107 Å². The number of rotatable bonds is 8. The number of allylic oxidation sites excluding steroid dienone is 3. The Morgan fingerprint density at radius 1 is 0.875 bits per heavy atom. The third kappa shape index (κ3) is 15.6. The van der Waals surface area contributed by atoms with Crippen LogP contribution in [0.3, 0.4) is 0 Å².